The zero-order chi connectivity index (χ0) is 17.2. The fraction of sp³-hybridized carbons (Fsp3) is 0.235. The summed E-state index contributed by atoms with van der Waals surface area (Å²) < 4.78 is 42.6. The number of sulfonamides is 1. The number of halogens is 1. The molecule has 3 rings (SSSR count). The third kappa shape index (κ3) is 3.32. The molecule has 2 aromatic rings. The molecule has 2 aromatic carbocycles. The minimum Gasteiger partial charge on any atom is -0.319 e. The van der Waals surface area contributed by atoms with Gasteiger partial charge in [0.2, 0.25) is 0 Å². The van der Waals surface area contributed by atoms with Gasteiger partial charge in [-0.2, -0.15) is 8.42 Å². The van der Waals surface area contributed by atoms with Gasteiger partial charge in [-0.1, -0.05) is 49.0 Å². The van der Waals surface area contributed by atoms with Gasteiger partial charge in [-0.05, 0) is 30.2 Å². The summed E-state index contributed by atoms with van der Waals surface area (Å²) in [5.41, 5.74) is 1.16. The standard InChI is InChI=1S/C17H17FN2O2S2/c1-2-11-20-15-9-5-6-10-16(15)24(21,22)19-17(20)23-12-13-7-3-4-8-14(13)18/h3-10H,2,11-12H2,1H3. The van der Waals surface area contributed by atoms with E-state index in [0.717, 1.165) is 6.42 Å². The van der Waals surface area contributed by atoms with Crippen molar-refractivity contribution in [3.63, 3.8) is 0 Å². The summed E-state index contributed by atoms with van der Waals surface area (Å²) in [6.07, 6.45) is 0.841. The highest BCUT2D eigenvalue weighted by molar-refractivity contribution is 8.14. The molecule has 4 nitrogen and oxygen atoms in total. The molecule has 24 heavy (non-hydrogen) atoms. The lowest BCUT2D eigenvalue weighted by molar-refractivity contribution is 0.597. The quantitative estimate of drug-likeness (QED) is 0.822. The van der Waals surface area contributed by atoms with Crippen LogP contribution >= 0.6 is 11.8 Å². The smallest absolute Gasteiger partial charge is 0.286 e. The van der Waals surface area contributed by atoms with Gasteiger partial charge in [0, 0.05) is 12.3 Å². The van der Waals surface area contributed by atoms with Crippen LogP contribution in [0.25, 0.3) is 0 Å². The third-order valence-corrected chi connectivity index (χ3v) is 6.08. The molecule has 0 saturated carbocycles. The molecule has 7 heteroatoms. The van der Waals surface area contributed by atoms with E-state index >= 15 is 0 Å². The second-order valence-electron chi connectivity index (χ2n) is 5.35. The third-order valence-electron chi connectivity index (χ3n) is 3.62. The molecule has 1 aliphatic rings. The van der Waals surface area contributed by atoms with Crippen LogP contribution in [0.5, 0.6) is 0 Å². The molecule has 0 N–H and O–H groups in total. The maximum Gasteiger partial charge on any atom is 0.286 e. The van der Waals surface area contributed by atoms with E-state index in [4.69, 9.17) is 0 Å². The second-order valence-corrected chi connectivity index (χ2v) is 7.86. The van der Waals surface area contributed by atoms with Crippen LogP contribution in [0.4, 0.5) is 10.1 Å². The van der Waals surface area contributed by atoms with Crippen LogP contribution in [0.2, 0.25) is 0 Å². The normalized spacial score (nSPS) is 15.8. The SMILES string of the molecule is CCCN1C(SCc2ccccc2F)=NS(=O)(=O)c2ccccc21. The van der Waals surface area contributed by atoms with Crippen molar-refractivity contribution >= 4 is 32.6 Å². The van der Waals surface area contributed by atoms with Crippen LogP contribution < -0.4 is 4.90 Å². The molecule has 0 aliphatic carbocycles. The molecule has 0 atom stereocenters. The number of rotatable bonds is 4. The minimum atomic E-state index is -3.73. The van der Waals surface area contributed by atoms with Crippen molar-refractivity contribution in [3.05, 3.63) is 59.9 Å². The van der Waals surface area contributed by atoms with Gasteiger partial charge in [-0.3, -0.25) is 0 Å². The number of hydrogen-bond acceptors (Lipinski definition) is 4. The Morgan fingerprint density at radius 3 is 2.58 bits per heavy atom. The lowest BCUT2D eigenvalue weighted by atomic mass is 10.2. The van der Waals surface area contributed by atoms with Crippen molar-refractivity contribution in [2.75, 3.05) is 11.4 Å². The molecule has 0 bridgehead atoms. The van der Waals surface area contributed by atoms with Gasteiger partial charge in [0.05, 0.1) is 5.69 Å². The second kappa shape index (κ2) is 6.94. The Morgan fingerprint density at radius 1 is 1.12 bits per heavy atom. The Morgan fingerprint density at radius 2 is 1.83 bits per heavy atom. The van der Waals surface area contributed by atoms with Gasteiger partial charge in [0.25, 0.3) is 10.0 Å². The monoisotopic (exact) mass is 364 g/mol. The van der Waals surface area contributed by atoms with E-state index in [2.05, 4.69) is 4.40 Å². The Hall–Kier alpha value is -1.86. The summed E-state index contributed by atoms with van der Waals surface area (Å²) in [7, 11) is -3.73. The number of fused-ring (bicyclic) bond motifs is 1. The molecule has 0 fully saturated rings. The summed E-state index contributed by atoms with van der Waals surface area (Å²) in [4.78, 5) is 2.11. The first kappa shape index (κ1) is 17.0. The molecule has 0 unspecified atom stereocenters. The summed E-state index contributed by atoms with van der Waals surface area (Å²) in [6, 6.07) is 13.3. The van der Waals surface area contributed by atoms with E-state index in [0.29, 0.717) is 28.7 Å². The number of nitrogens with zero attached hydrogens (tertiary/aromatic N) is 2. The maximum atomic E-state index is 13.8. The minimum absolute atomic E-state index is 0.216. The van der Waals surface area contributed by atoms with Crippen LogP contribution in [0.3, 0.4) is 0 Å². The van der Waals surface area contributed by atoms with Crippen LogP contribution in [0.15, 0.2) is 57.8 Å². The van der Waals surface area contributed by atoms with E-state index in [1.807, 2.05) is 17.9 Å². The van der Waals surface area contributed by atoms with Crippen LogP contribution in [0.1, 0.15) is 18.9 Å². The highest BCUT2D eigenvalue weighted by Gasteiger charge is 2.30. The molecular formula is C17H17FN2O2S2. The van der Waals surface area contributed by atoms with Crippen molar-refractivity contribution < 1.29 is 12.8 Å². The van der Waals surface area contributed by atoms with Crippen LogP contribution in [-0.2, 0) is 15.8 Å². The molecule has 0 radical (unpaired) electrons. The molecule has 0 aromatic heterocycles. The number of hydrogen-bond donors (Lipinski definition) is 0. The van der Waals surface area contributed by atoms with Gasteiger partial charge in [0.15, 0.2) is 5.17 Å². The average Bonchev–Trinajstić information content (AvgIpc) is 2.57. The first-order valence-corrected chi connectivity index (χ1v) is 10.0. The van der Waals surface area contributed by atoms with E-state index in [1.54, 1.807) is 36.4 Å². The number of benzene rings is 2. The summed E-state index contributed by atoms with van der Waals surface area (Å²) in [6.45, 7) is 2.67. The van der Waals surface area contributed by atoms with Crippen molar-refractivity contribution in [1.29, 1.82) is 0 Å². The number of amidine groups is 1. The molecule has 0 spiro atoms. The number of thioether (sulfide) groups is 1. The van der Waals surface area contributed by atoms with Gasteiger partial charge < -0.3 is 4.90 Å². The molecule has 126 valence electrons. The Bertz CT molecular complexity index is 882. The maximum absolute atomic E-state index is 13.8. The number of para-hydroxylation sites is 1. The first-order chi connectivity index (χ1) is 11.5. The molecule has 1 heterocycles. The lowest BCUT2D eigenvalue weighted by Crippen LogP contribution is -2.34. The summed E-state index contributed by atoms with van der Waals surface area (Å²) in [5.74, 6) is 0.0235. The Kier molecular flexibility index (Phi) is 4.91. The summed E-state index contributed by atoms with van der Waals surface area (Å²) in [5, 5.41) is 0.388. The van der Waals surface area contributed by atoms with Gasteiger partial charge in [0.1, 0.15) is 10.7 Å². The van der Waals surface area contributed by atoms with Crippen molar-refractivity contribution in [2.45, 2.75) is 24.0 Å². The van der Waals surface area contributed by atoms with Crippen molar-refractivity contribution in [3.8, 4) is 0 Å². The van der Waals surface area contributed by atoms with Crippen molar-refractivity contribution in [1.82, 2.24) is 0 Å². The van der Waals surface area contributed by atoms with Crippen LogP contribution in [-0.4, -0.2) is 20.1 Å². The van der Waals surface area contributed by atoms with Gasteiger partial charge in [-0.25, -0.2) is 4.39 Å². The first-order valence-electron chi connectivity index (χ1n) is 7.60. The van der Waals surface area contributed by atoms with Gasteiger partial charge in [-0.15, -0.1) is 4.40 Å². The molecule has 0 saturated heterocycles. The molecule has 0 amide bonds. The van der Waals surface area contributed by atoms with E-state index in [1.165, 1.54) is 17.8 Å². The van der Waals surface area contributed by atoms with E-state index in [-0.39, 0.29) is 10.7 Å². The molecule has 1 aliphatic heterocycles. The van der Waals surface area contributed by atoms with Gasteiger partial charge >= 0.3 is 0 Å². The average molecular weight is 364 g/mol. The predicted molar refractivity (Wildman–Crippen MR) is 96.4 cm³/mol. The fourth-order valence-electron chi connectivity index (χ4n) is 2.50. The van der Waals surface area contributed by atoms with E-state index in [9.17, 15) is 12.8 Å². The zero-order valence-electron chi connectivity index (χ0n) is 13.1. The largest absolute Gasteiger partial charge is 0.319 e. The summed E-state index contributed by atoms with van der Waals surface area (Å²) >= 11 is 1.24. The highest BCUT2D eigenvalue weighted by atomic mass is 32.2. The Balaban J connectivity index is 1.94. The van der Waals surface area contributed by atoms with Crippen molar-refractivity contribution in [2.24, 2.45) is 4.40 Å². The Labute approximate surface area is 145 Å². The van der Waals surface area contributed by atoms with Crippen LogP contribution in [0, 0.1) is 5.82 Å². The van der Waals surface area contributed by atoms with E-state index < -0.39 is 10.0 Å². The highest BCUT2D eigenvalue weighted by Crippen LogP contribution is 2.35. The fourth-order valence-corrected chi connectivity index (χ4v) is 4.97. The topological polar surface area (TPSA) is 49.7 Å². The number of anilines is 1. The predicted octanol–water partition coefficient (Wildman–Crippen LogP) is 4.03. The zero-order valence-corrected chi connectivity index (χ0v) is 14.8. The lowest BCUT2D eigenvalue weighted by Gasteiger charge is -2.30. The molecular weight excluding hydrogens is 347 g/mol.